The number of thioether (sulfide) groups is 1. The minimum atomic E-state index is -3.92. The number of anilines is 1. The molecular formula is C11H17N3O4S2. The maximum absolute atomic E-state index is 12.2. The van der Waals surface area contributed by atoms with Crippen molar-refractivity contribution in [2.45, 2.75) is 17.1 Å². The van der Waals surface area contributed by atoms with E-state index < -0.39 is 20.6 Å². The van der Waals surface area contributed by atoms with Crippen LogP contribution < -0.4 is 10.0 Å². The molecule has 7 nitrogen and oxygen atoms in total. The molecule has 0 heterocycles. The van der Waals surface area contributed by atoms with Crippen molar-refractivity contribution in [2.24, 2.45) is 0 Å². The summed E-state index contributed by atoms with van der Waals surface area (Å²) in [5.41, 5.74) is 0.0576. The fourth-order valence-electron chi connectivity index (χ4n) is 1.42. The lowest BCUT2D eigenvalue weighted by atomic mass is 10.3. The number of hydrogen-bond acceptors (Lipinski definition) is 6. The smallest absolute Gasteiger partial charge is 0.289 e. The number of nitro benzene ring substituents is 1. The van der Waals surface area contributed by atoms with Gasteiger partial charge in [0.05, 0.1) is 4.92 Å². The molecule has 0 saturated heterocycles. The number of sulfonamides is 1. The SMILES string of the molecule is CNc1ccc([N+](=O)[O-])c(S(=O)(=O)NCC(C)SC)c1. The van der Waals surface area contributed by atoms with E-state index in [-0.39, 0.29) is 16.7 Å². The first kappa shape index (κ1) is 16.7. The van der Waals surface area contributed by atoms with E-state index in [0.717, 1.165) is 0 Å². The Balaban J connectivity index is 3.18. The summed E-state index contributed by atoms with van der Waals surface area (Å²) < 4.78 is 26.8. The van der Waals surface area contributed by atoms with E-state index >= 15 is 0 Å². The Kier molecular flexibility index (Phi) is 5.78. The van der Waals surface area contributed by atoms with E-state index in [1.165, 1.54) is 30.0 Å². The second-order valence-electron chi connectivity index (χ2n) is 4.09. The quantitative estimate of drug-likeness (QED) is 0.585. The Morgan fingerprint density at radius 3 is 2.60 bits per heavy atom. The van der Waals surface area contributed by atoms with Gasteiger partial charge in [0.25, 0.3) is 5.69 Å². The molecule has 0 aliphatic carbocycles. The summed E-state index contributed by atoms with van der Waals surface area (Å²) in [5.74, 6) is 0. The highest BCUT2D eigenvalue weighted by Gasteiger charge is 2.26. The van der Waals surface area contributed by atoms with Crippen LogP contribution in [0.5, 0.6) is 0 Å². The second kappa shape index (κ2) is 6.91. The lowest BCUT2D eigenvalue weighted by Crippen LogP contribution is -2.30. The Bertz CT molecular complexity index is 589. The fourth-order valence-corrected chi connectivity index (χ4v) is 3.10. The predicted octanol–water partition coefficient (Wildman–Crippen LogP) is 1.67. The number of hydrogen-bond donors (Lipinski definition) is 2. The van der Waals surface area contributed by atoms with Gasteiger partial charge < -0.3 is 5.32 Å². The molecule has 0 spiro atoms. The van der Waals surface area contributed by atoms with E-state index in [4.69, 9.17) is 0 Å². The minimum Gasteiger partial charge on any atom is -0.388 e. The molecule has 0 radical (unpaired) electrons. The molecule has 0 amide bonds. The van der Waals surface area contributed by atoms with Crippen LogP contribution in [0.2, 0.25) is 0 Å². The van der Waals surface area contributed by atoms with E-state index in [2.05, 4.69) is 10.0 Å². The van der Waals surface area contributed by atoms with Crippen LogP contribution >= 0.6 is 11.8 Å². The monoisotopic (exact) mass is 319 g/mol. The highest BCUT2D eigenvalue weighted by molar-refractivity contribution is 7.99. The molecule has 0 aromatic heterocycles. The topological polar surface area (TPSA) is 101 Å². The molecule has 0 aliphatic rings. The van der Waals surface area contributed by atoms with Gasteiger partial charge in [0.1, 0.15) is 0 Å². The summed E-state index contributed by atoms with van der Waals surface area (Å²) >= 11 is 1.51. The minimum absolute atomic E-state index is 0.0799. The van der Waals surface area contributed by atoms with Crippen molar-refractivity contribution in [3.63, 3.8) is 0 Å². The lowest BCUT2D eigenvalue weighted by Gasteiger charge is -2.11. The second-order valence-corrected chi connectivity index (χ2v) is 7.10. The fraction of sp³-hybridized carbons (Fsp3) is 0.455. The molecule has 1 aromatic rings. The molecule has 1 rings (SSSR count). The first-order valence-corrected chi connectivity index (χ1v) is 8.57. The molecule has 1 unspecified atom stereocenters. The van der Waals surface area contributed by atoms with Gasteiger partial charge in [-0.2, -0.15) is 11.8 Å². The maximum atomic E-state index is 12.2. The molecule has 1 aromatic carbocycles. The van der Waals surface area contributed by atoms with Crippen LogP contribution in [0.25, 0.3) is 0 Å². The zero-order chi connectivity index (χ0) is 15.3. The van der Waals surface area contributed by atoms with Crippen molar-refractivity contribution >= 4 is 33.2 Å². The van der Waals surface area contributed by atoms with Crippen LogP contribution in [-0.4, -0.2) is 38.4 Å². The van der Waals surface area contributed by atoms with E-state index in [1.807, 2.05) is 13.2 Å². The summed E-state index contributed by atoms with van der Waals surface area (Å²) in [6, 6.07) is 3.89. The average Bonchev–Trinajstić information content (AvgIpc) is 2.43. The highest BCUT2D eigenvalue weighted by atomic mass is 32.2. The number of nitro groups is 1. The molecule has 1 atom stereocenters. The zero-order valence-corrected chi connectivity index (χ0v) is 13.0. The van der Waals surface area contributed by atoms with Crippen LogP contribution in [0.15, 0.2) is 23.1 Å². The van der Waals surface area contributed by atoms with Gasteiger partial charge in [-0.05, 0) is 18.4 Å². The van der Waals surface area contributed by atoms with Crippen LogP contribution in [0.4, 0.5) is 11.4 Å². The summed E-state index contributed by atoms with van der Waals surface area (Å²) in [6.07, 6.45) is 1.86. The average molecular weight is 319 g/mol. The van der Waals surface area contributed by atoms with Gasteiger partial charge in [0.15, 0.2) is 4.90 Å². The van der Waals surface area contributed by atoms with Gasteiger partial charge in [-0.1, -0.05) is 6.92 Å². The van der Waals surface area contributed by atoms with Crippen molar-refractivity contribution in [1.29, 1.82) is 0 Å². The largest absolute Gasteiger partial charge is 0.388 e. The van der Waals surface area contributed by atoms with E-state index in [1.54, 1.807) is 7.05 Å². The summed E-state index contributed by atoms with van der Waals surface area (Å²) in [5, 5.41) is 13.8. The third-order valence-electron chi connectivity index (χ3n) is 2.70. The highest BCUT2D eigenvalue weighted by Crippen LogP contribution is 2.26. The predicted molar refractivity (Wildman–Crippen MR) is 80.8 cm³/mol. The lowest BCUT2D eigenvalue weighted by molar-refractivity contribution is -0.387. The van der Waals surface area contributed by atoms with Gasteiger partial charge >= 0.3 is 0 Å². The van der Waals surface area contributed by atoms with Gasteiger partial charge in [0.2, 0.25) is 10.0 Å². The van der Waals surface area contributed by atoms with Gasteiger partial charge in [0, 0.05) is 30.6 Å². The standard InChI is InChI=1S/C11H17N3O4S2/c1-8(19-3)7-13-20(17,18)11-6-9(12-2)4-5-10(11)14(15)16/h4-6,8,12-13H,7H2,1-3H3. The molecule has 112 valence electrons. The number of rotatable bonds is 7. The number of nitrogens with zero attached hydrogens (tertiary/aromatic N) is 1. The molecular weight excluding hydrogens is 302 g/mol. The molecule has 2 N–H and O–H groups in total. The van der Waals surface area contributed by atoms with Gasteiger partial charge in [-0.15, -0.1) is 0 Å². The first-order chi connectivity index (χ1) is 9.31. The van der Waals surface area contributed by atoms with Gasteiger partial charge in [-0.3, -0.25) is 10.1 Å². The Hall–Kier alpha value is -1.32. The third-order valence-corrected chi connectivity index (χ3v) is 5.12. The maximum Gasteiger partial charge on any atom is 0.289 e. The normalized spacial score (nSPS) is 12.9. The molecule has 9 heteroatoms. The molecule has 0 aliphatic heterocycles. The number of benzene rings is 1. The summed E-state index contributed by atoms with van der Waals surface area (Å²) in [6.45, 7) is 2.08. The molecule has 0 bridgehead atoms. The van der Waals surface area contributed by atoms with E-state index in [0.29, 0.717) is 5.69 Å². The first-order valence-electron chi connectivity index (χ1n) is 5.80. The number of nitrogens with one attached hydrogen (secondary N) is 2. The molecule has 20 heavy (non-hydrogen) atoms. The summed E-state index contributed by atoms with van der Waals surface area (Å²) in [7, 11) is -2.31. The zero-order valence-electron chi connectivity index (χ0n) is 11.4. The summed E-state index contributed by atoms with van der Waals surface area (Å²) in [4.78, 5) is 9.92. The van der Waals surface area contributed by atoms with E-state index in [9.17, 15) is 18.5 Å². The Morgan fingerprint density at radius 2 is 2.10 bits per heavy atom. The van der Waals surface area contributed by atoms with Crippen LogP contribution in [0.3, 0.4) is 0 Å². The molecule has 0 saturated carbocycles. The van der Waals surface area contributed by atoms with Gasteiger partial charge in [-0.25, -0.2) is 13.1 Å². The van der Waals surface area contributed by atoms with Crippen molar-refractivity contribution in [3.8, 4) is 0 Å². The third kappa shape index (κ3) is 4.09. The molecule has 0 fully saturated rings. The van der Waals surface area contributed by atoms with Crippen LogP contribution in [0.1, 0.15) is 6.92 Å². The van der Waals surface area contributed by atoms with Crippen LogP contribution in [-0.2, 0) is 10.0 Å². The van der Waals surface area contributed by atoms with Crippen molar-refractivity contribution in [2.75, 3.05) is 25.2 Å². The van der Waals surface area contributed by atoms with Crippen LogP contribution in [0, 0.1) is 10.1 Å². The van der Waals surface area contributed by atoms with Crippen molar-refractivity contribution in [3.05, 3.63) is 28.3 Å². The van der Waals surface area contributed by atoms with Crippen molar-refractivity contribution < 1.29 is 13.3 Å². The Labute approximate surface area is 122 Å². The Morgan fingerprint density at radius 1 is 1.45 bits per heavy atom. The van der Waals surface area contributed by atoms with Crippen molar-refractivity contribution in [1.82, 2.24) is 4.72 Å².